The molecule has 98 valence electrons. The van der Waals surface area contributed by atoms with E-state index in [2.05, 4.69) is 16.0 Å². The minimum absolute atomic E-state index is 0.0581. The number of rotatable bonds is 4. The van der Waals surface area contributed by atoms with Crippen LogP contribution in [0.1, 0.15) is 5.56 Å². The first-order valence-electron chi connectivity index (χ1n) is 5.47. The molecule has 0 atom stereocenters. The van der Waals surface area contributed by atoms with Gasteiger partial charge in [-0.2, -0.15) is 0 Å². The van der Waals surface area contributed by atoms with Crippen LogP contribution in [-0.4, -0.2) is 32.6 Å². The molecule has 1 aromatic carbocycles. The van der Waals surface area contributed by atoms with Crippen molar-refractivity contribution in [3.8, 4) is 5.75 Å². The molecular weight excluding hydrogens is 234 g/mol. The second-order valence-electron chi connectivity index (χ2n) is 3.67. The Hall–Kier alpha value is -2.24. The van der Waals surface area contributed by atoms with E-state index in [-0.39, 0.29) is 12.5 Å². The largest absolute Gasteiger partial charge is 0.496 e. The lowest BCUT2D eigenvalue weighted by atomic mass is 10.2. The van der Waals surface area contributed by atoms with Crippen molar-refractivity contribution in [3.63, 3.8) is 0 Å². The van der Waals surface area contributed by atoms with Crippen LogP contribution in [-0.2, 0) is 4.79 Å². The van der Waals surface area contributed by atoms with Gasteiger partial charge in [-0.15, -0.1) is 0 Å². The summed E-state index contributed by atoms with van der Waals surface area (Å²) in [6.07, 6.45) is 0. The Morgan fingerprint density at radius 3 is 2.61 bits per heavy atom. The lowest BCUT2D eigenvalue weighted by Crippen LogP contribution is -2.37. The summed E-state index contributed by atoms with van der Waals surface area (Å²) in [7, 11) is 3.10. The van der Waals surface area contributed by atoms with Crippen LogP contribution >= 0.6 is 0 Å². The van der Waals surface area contributed by atoms with Gasteiger partial charge < -0.3 is 20.7 Å². The Morgan fingerprint density at radius 2 is 2.06 bits per heavy atom. The Bertz CT molecular complexity index is 446. The van der Waals surface area contributed by atoms with Crippen LogP contribution in [0.15, 0.2) is 18.2 Å². The predicted molar refractivity (Wildman–Crippen MR) is 68.8 cm³/mol. The minimum atomic E-state index is -0.428. The summed E-state index contributed by atoms with van der Waals surface area (Å²) in [6.45, 7) is 1.82. The van der Waals surface area contributed by atoms with Crippen molar-refractivity contribution < 1.29 is 14.3 Å². The number of aryl methyl sites for hydroxylation is 1. The Kier molecular flexibility index (Phi) is 4.98. The topological polar surface area (TPSA) is 79.5 Å². The SMILES string of the molecule is CNC(=O)CNC(=O)Nc1ccc(OC)c(C)c1. The summed E-state index contributed by atoms with van der Waals surface area (Å²) < 4.78 is 5.12. The molecule has 6 nitrogen and oxygen atoms in total. The highest BCUT2D eigenvalue weighted by Gasteiger charge is 2.05. The van der Waals surface area contributed by atoms with Crippen LogP contribution in [0, 0.1) is 6.92 Å². The Morgan fingerprint density at radius 1 is 1.33 bits per heavy atom. The van der Waals surface area contributed by atoms with Gasteiger partial charge in [-0.05, 0) is 30.7 Å². The minimum Gasteiger partial charge on any atom is -0.496 e. The number of anilines is 1. The van der Waals surface area contributed by atoms with Gasteiger partial charge in [-0.3, -0.25) is 4.79 Å². The van der Waals surface area contributed by atoms with Gasteiger partial charge in [0.05, 0.1) is 13.7 Å². The molecule has 0 saturated heterocycles. The molecule has 0 aromatic heterocycles. The molecule has 0 aliphatic rings. The highest BCUT2D eigenvalue weighted by atomic mass is 16.5. The number of ether oxygens (including phenoxy) is 1. The third-order valence-corrected chi connectivity index (χ3v) is 2.34. The maximum atomic E-state index is 11.5. The van der Waals surface area contributed by atoms with Gasteiger partial charge in [-0.1, -0.05) is 0 Å². The first-order chi connectivity index (χ1) is 8.56. The van der Waals surface area contributed by atoms with Crippen LogP contribution in [0.5, 0.6) is 5.75 Å². The molecule has 0 unspecified atom stereocenters. The fraction of sp³-hybridized carbons (Fsp3) is 0.333. The molecule has 0 radical (unpaired) electrons. The molecule has 3 N–H and O–H groups in total. The molecule has 6 heteroatoms. The van der Waals surface area contributed by atoms with Crippen LogP contribution in [0.25, 0.3) is 0 Å². The van der Waals surface area contributed by atoms with Crippen molar-refractivity contribution in [2.45, 2.75) is 6.92 Å². The van der Waals surface area contributed by atoms with Crippen molar-refractivity contribution in [1.29, 1.82) is 0 Å². The predicted octanol–water partition coefficient (Wildman–Crippen LogP) is 0.871. The molecule has 1 aromatic rings. The number of hydrogen-bond donors (Lipinski definition) is 3. The maximum absolute atomic E-state index is 11.5. The van der Waals surface area contributed by atoms with E-state index in [4.69, 9.17) is 4.74 Å². The van der Waals surface area contributed by atoms with E-state index in [1.165, 1.54) is 7.05 Å². The van der Waals surface area contributed by atoms with Gasteiger partial charge in [0.25, 0.3) is 0 Å². The fourth-order valence-corrected chi connectivity index (χ4v) is 1.38. The van der Waals surface area contributed by atoms with E-state index in [0.717, 1.165) is 11.3 Å². The van der Waals surface area contributed by atoms with E-state index >= 15 is 0 Å². The monoisotopic (exact) mass is 251 g/mol. The van der Waals surface area contributed by atoms with Crippen molar-refractivity contribution in [2.75, 3.05) is 26.0 Å². The number of benzene rings is 1. The zero-order valence-electron chi connectivity index (χ0n) is 10.7. The van der Waals surface area contributed by atoms with Crippen molar-refractivity contribution in [2.24, 2.45) is 0 Å². The van der Waals surface area contributed by atoms with E-state index < -0.39 is 6.03 Å². The smallest absolute Gasteiger partial charge is 0.319 e. The summed E-state index contributed by atoms with van der Waals surface area (Å²) in [5, 5.41) is 7.47. The zero-order chi connectivity index (χ0) is 13.5. The van der Waals surface area contributed by atoms with E-state index in [9.17, 15) is 9.59 Å². The second-order valence-corrected chi connectivity index (χ2v) is 3.67. The van der Waals surface area contributed by atoms with Gasteiger partial charge in [0.2, 0.25) is 5.91 Å². The molecule has 0 saturated carbocycles. The average molecular weight is 251 g/mol. The molecule has 18 heavy (non-hydrogen) atoms. The number of carbonyl (C=O) groups excluding carboxylic acids is 2. The molecule has 0 heterocycles. The van der Waals surface area contributed by atoms with Gasteiger partial charge in [-0.25, -0.2) is 4.79 Å². The van der Waals surface area contributed by atoms with E-state index in [0.29, 0.717) is 5.69 Å². The zero-order valence-corrected chi connectivity index (χ0v) is 10.7. The molecule has 3 amide bonds. The quantitative estimate of drug-likeness (QED) is 0.743. The number of nitrogens with one attached hydrogen (secondary N) is 3. The molecule has 1 rings (SSSR count). The fourth-order valence-electron chi connectivity index (χ4n) is 1.38. The lowest BCUT2D eigenvalue weighted by Gasteiger charge is -2.09. The number of amides is 3. The first-order valence-corrected chi connectivity index (χ1v) is 5.47. The van der Waals surface area contributed by atoms with Gasteiger partial charge in [0, 0.05) is 12.7 Å². The number of carbonyl (C=O) groups is 2. The number of hydrogen-bond acceptors (Lipinski definition) is 3. The lowest BCUT2D eigenvalue weighted by molar-refractivity contribution is -0.119. The van der Waals surface area contributed by atoms with Crippen molar-refractivity contribution in [3.05, 3.63) is 23.8 Å². The standard InChI is InChI=1S/C12H17N3O3/c1-8-6-9(4-5-10(8)18-3)15-12(17)14-7-11(16)13-2/h4-6H,7H2,1-3H3,(H,13,16)(H2,14,15,17). The molecule has 0 fully saturated rings. The first kappa shape index (κ1) is 13.8. The summed E-state index contributed by atoms with van der Waals surface area (Å²) in [6, 6.07) is 4.86. The third-order valence-electron chi connectivity index (χ3n) is 2.34. The Balaban J connectivity index is 2.54. The molecule has 0 aliphatic heterocycles. The second kappa shape index (κ2) is 6.48. The normalized spacial score (nSPS) is 9.50. The highest BCUT2D eigenvalue weighted by Crippen LogP contribution is 2.21. The van der Waals surface area contributed by atoms with Crippen molar-refractivity contribution >= 4 is 17.6 Å². The molecular formula is C12H17N3O3. The summed E-state index contributed by atoms with van der Waals surface area (Å²) in [5.41, 5.74) is 1.56. The summed E-state index contributed by atoms with van der Waals surface area (Å²) >= 11 is 0. The van der Waals surface area contributed by atoms with Crippen LogP contribution < -0.4 is 20.7 Å². The highest BCUT2D eigenvalue weighted by molar-refractivity contribution is 5.92. The summed E-state index contributed by atoms with van der Waals surface area (Å²) in [4.78, 5) is 22.4. The van der Waals surface area contributed by atoms with E-state index in [1.54, 1.807) is 25.3 Å². The molecule has 0 aliphatic carbocycles. The molecule has 0 bridgehead atoms. The van der Waals surface area contributed by atoms with Crippen LogP contribution in [0.2, 0.25) is 0 Å². The summed E-state index contributed by atoms with van der Waals surface area (Å²) in [5.74, 6) is 0.502. The third kappa shape index (κ3) is 3.97. The maximum Gasteiger partial charge on any atom is 0.319 e. The number of likely N-dealkylation sites (N-methyl/N-ethyl adjacent to an activating group) is 1. The number of urea groups is 1. The van der Waals surface area contributed by atoms with Gasteiger partial charge in [0.1, 0.15) is 5.75 Å². The van der Waals surface area contributed by atoms with Crippen LogP contribution in [0.3, 0.4) is 0 Å². The van der Waals surface area contributed by atoms with Crippen molar-refractivity contribution in [1.82, 2.24) is 10.6 Å². The Labute approximate surface area is 106 Å². The number of methoxy groups -OCH3 is 1. The van der Waals surface area contributed by atoms with Gasteiger partial charge in [0.15, 0.2) is 0 Å². The van der Waals surface area contributed by atoms with Crippen LogP contribution in [0.4, 0.5) is 10.5 Å². The van der Waals surface area contributed by atoms with Gasteiger partial charge >= 0.3 is 6.03 Å². The van der Waals surface area contributed by atoms with E-state index in [1.807, 2.05) is 6.92 Å². The average Bonchev–Trinajstić information content (AvgIpc) is 2.36. The molecule has 0 spiro atoms.